The first-order chi connectivity index (χ1) is 8.16. The van der Waals surface area contributed by atoms with E-state index in [-0.39, 0.29) is 17.7 Å². The van der Waals surface area contributed by atoms with E-state index in [4.69, 9.17) is 4.74 Å². The van der Waals surface area contributed by atoms with Crippen molar-refractivity contribution in [3.63, 3.8) is 0 Å². The van der Waals surface area contributed by atoms with Gasteiger partial charge in [0.15, 0.2) is 0 Å². The molecule has 1 unspecified atom stereocenters. The number of anilines is 1. The van der Waals surface area contributed by atoms with E-state index in [0.717, 1.165) is 5.56 Å². The van der Waals surface area contributed by atoms with Gasteiger partial charge in [-0.1, -0.05) is 0 Å². The molecule has 0 saturated carbocycles. The third-order valence-electron chi connectivity index (χ3n) is 2.71. The van der Waals surface area contributed by atoms with Gasteiger partial charge in [-0.25, -0.2) is 0 Å². The van der Waals surface area contributed by atoms with Crippen LogP contribution in [0.5, 0.6) is 5.75 Å². The quantitative estimate of drug-likeness (QED) is 0.659. The van der Waals surface area contributed by atoms with Crippen LogP contribution in [0.3, 0.4) is 0 Å². The fourth-order valence-electron chi connectivity index (χ4n) is 1.74. The number of carbonyl (C=O) groups excluding carboxylic acids is 1. The van der Waals surface area contributed by atoms with Crippen LogP contribution in [0.25, 0.3) is 0 Å². The summed E-state index contributed by atoms with van der Waals surface area (Å²) in [6, 6.07) is 4.54. The molecular formula is C12H16N2O3. The van der Waals surface area contributed by atoms with Crippen LogP contribution in [-0.4, -0.2) is 36.8 Å². The highest BCUT2D eigenvalue weighted by Gasteiger charge is 2.21. The van der Waals surface area contributed by atoms with Gasteiger partial charge in [0.2, 0.25) is 5.91 Å². The summed E-state index contributed by atoms with van der Waals surface area (Å²) in [7, 11) is 0. The topological polar surface area (TPSA) is 70.6 Å². The lowest BCUT2D eigenvalue weighted by molar-refractivity contribution is -0.120. The van der Waals surface area contributed by atoms with Gasteiger partial charge in [0.05, 0.1) is 13.2 Å². The summed E-state index contributed by atoms with van der Waals surface area (Å²) in [5, 5.41) is 15.2. The Labute approximate surface area is 99.8 Å². The molecule has 1 fully saturated rings. The van der Waals surface area contributed by atoms with Crippen molar-refractivity contribution < 1.29 is 14.6 Å². The molecule has 0 aliphatic carbocycles. The van der Waals surface area contributed by atoms with Crippen molar-refractivity contribution in [3.8, 4) is 5.75 Å². The van der Waals surface area contributed by atoms with Crippen LogP contribution in [0.4, 0.5) is 5.69 Å². The number of hydrogen-bond acceptors (Lipinski definition) is 4. The molecule has 92 valence electrons. The summed E-state index contributed by atoms with van der Waals surface area (Å²) < 4.78 is 5.23. The number of phenols is 1. The van der Waals surface area contributed by atoms with Crippen molar-refractivity contribution >= 4 is 11.6 Å². The van der Waals surface area contributed by atoms with Crippen molar-refractivity contribution in [2.45, 2.75) is 13.0 Å². The van der Waals surface area contributed by atoms with Crippen LogP contribution in [0, 0.1) is 6.92 Å². The predicted octanol–water partition coefficient (Wildman–Crippen LogP) is 0.628. The average Bonchev–Trinajstić information content (AvgIpc) is 2.34. The predicted molar refractivity (Wildman–Crippen MR) is 64.1 cm³/mol. The first-order valence-corrected chi connectivity index (χ1v) is 5.58. The van der Waals surface area contributed by atoms with E-state index < -0.39 is 0 Å². The minimum absolute atomic E-state index is 0.113. The lowest BCUT2D eigenvalue weighted by Gasteiger charge is -2.23. The number of rotatable bonds is 2. The Bertz CT molecular complexity index is 414. The molecule has 1 aromatic rings. The molecule has 0 bridgehead atoms. The van der Waals surface area contributed by atoms with Gasteiger partial charge in [-0.3, -0.25) is 4.79 Å². The van der Waals surface area contributed by atoms with E-state index in [0.29, 0.717) is 25.4 Å². The van der Waals surface area contributed by atoms with E-state index in [2.05, 4.69) is 10.6 Å². The molecule has 1 heterocycles. The lowest BCUT2D eigenvalue weighted by atomic mass is 10.1. The summed E-state index contributed by atoms with van der Waals surface area (Å²) in [4.78, 5) is 11.9. The summed E-state index contributed by atoms with van der Waals surface area (Å²) in [6.07, 6.45) is 0. The zero-order valence-corrected chi connectivity index (χ0v) is 9.69. The van der Waals surface area contributed by atoms with Crippen LogP contribution in [-0.2, 0) is 9.53 Å². The van der Waals surface area contributed by atoms with E-state index in [1.54, 1.807) is 18.2 Å². The second kappa shape index (κ2) is 5.16. The maximum atomic E-state index is 11.9. The van der Waals surface area contributed by atoms with Gasteiger partial charge >= 0.3 is 0 Å². The molecule has 1 saturated heterocycles. The van der Waals surface area contributed by atoms with Crippen LogP contribution in [0.1, 0.15) is 5.56 Å². The van der Waals surface area contributed by atoms with E-state index in [1.165, 1.54) is 0 Å². The molecular weight excluding hydrogens is 220 g/mol. The molecule has 1 aliphatic rings. The third kappa shape index (κ3) is 2.95. The summed E-state index contributed by atoms with van der Waals surface area (Å²) >= 11 is 0. The van der Waals surface area contributed by atoms with Crippen LogP contribution < -0.4 is 10.6 Å². The Kier molecular flexibility index (Phi) is 3.61. The van der Waals surface area contributed by atoms with Crippen LogP contribution in [0.2, 0.25) is 0 Å². The molecule has 5 nitrogen and oxygen atoms in total. The Balaban J connectivity index is 2.02. The SMILES string of the molecule is Cc1cc(O)ccc1NC(=O)C1COCCN1. The van der Waals surface area contributed by atoms with Crippen molar-refractivity contribution in [3.05, 3.63) is 23.8 Å². The van der Waals surface area contributed by atoms with Gasteiger partial charge in [0, 0.05) is 12.2 Å². The molecule has 0 aromatic heterocycles. The molecule has 1 aliphatic heterocycles. The van der Waals surface area contributed by atoms with E-state index in [1.807, 2.05) is 6.92 Å². The number of ether oxygens (including phenoxy) is 1. The molecule has 0 radical (unpaired) electrons. The molecule has 1 amide bonds. The number of carbonyl (C=O) groups is 1. The monoisotopic (exact) mass is 236 g/mol. The number of aryl methyl sites for hydroxylation is 1. The first kappa shape index (κ1) is 11.9. The molecule has 5 heteroatoms. The van der Waals surface area contributed by atoms with Gasteiger partial charge in [-0.15, -0.1) is 0 Å². The third-order valence-corrected chi connectivity index (χ3v) is 2.71. The van der Waals surface area contributed by atoms with Gasteiger partial charge in [0.25, 0.3) is 0 Å². The van der Waals surface area contributed by atoms with E-state index >= 15 is 0 Å². The second-order valence-electron chi connectivity index (χ2n) is 4.07. The van der Waals surface area contributed by atoms with Crippen molar-refractivity contribution in [1.29, 1.82) is 0 Å². The van der Waals surface area contributed by atoms with Gasteiger partial charge in [0.1, 0.15) is 11.8 Å². The highest BCUT2D eigenvalue weighted by molar-refractivity contribution is 5.95. The zero-order valence-electron chi connectivity index (χ0n) is 9.69. The molecule has 1 aromatic carbocycles. The normalized spacial score (nSPS) is 19.9. The molecule has 17 heavy (non-hydrogen) atoms. The number of benzene rings is 1. The van der Waals surface area contributed by atoms with Crippen LogP contribution in [0.15, 0.2) is 18.2 Å². The fraction of sp³-hybridized carbons (Fsp3) is 0.417. The standard InChI is InChI=1S/C12H16N2O3/c1-8-6-9(15)2-3-10(8)14-12(16)11-7-17-5-4-13-11/h2-3,6,11,13,15H,4-5,7H2,1H3,(H,14,16). The Morgan fingerprint density at radius 3 is 3.06 bits per heavy atom. The van der Waals surface area contributed by atoms with Gasteiger partial charge < -0.3 is 20.5 Å². The van der Waals surface area contributed by atoms with Crippen LogP contribution >= 0.6 is 0 Å². The maximum absolute atomic E-state index is 11.9. The van der Waals surface area contributed by atoms with Crippen molar-refractivity contribution in [2.24, 2.45) is 0 Å². The summed E-state index contributed by atoms with van der Waals surface area (Å²) in [5.74, 6) is 0.0816. The number of nitrogens with one attached hydrogen (secondary N) is 2. The smallest absolute Gasteiger partial charge is 0.243 e. The minimum Gasteiger partial charge on any atom is -0.508 e. The Morgan fingerprint density at radius 2 is 2.41 bits per heavy atom. The number of morpholine rings is 1. The average molecular weight is 236 g/mol. The zero-order chi connectivity index (χ0) is 12.3. The Hall–Kier alpha value is -1.59. The first-order valence-electron chi connectivity index (χ1n) is 5.58. The number of aromatic hydroxyl groups is 1. The number of amides is 1. The van der Waals surface area contributed by atoms with Gasteiger partial charge in [-0.05, 0) is 30.7 Å². The minimum atomic E-state index is -0.308. The molecule has 1 atom stereocenters. The highest BCUT2D eigenvalue weighted by Crippen LogP contribution is 2.20. The molecule has 2 rings (SSSR count). The highest BCUT2D eigenvalue weighted by atomic mass is 16.5. The fourth-order valence-corrected chi connectivity index (χ4v) is 1.74. The van der Waals surface area contributed by atoms with Crippen molar-refractivity contribution in [2.75, 3.05) is 25.1 Å². The Morgan fingerprint density at radius 1 is 1.59 bits per heavy atom. The summed E-state index contributed by atoms with van der Waals surface area (Å²) in [5.41, 5.74) is 1.54. The van der Waals surface area contributed by atoms with E-state index in [9.17, 15) is 9.90 Å². The number of hydrogen-bond donors (Lipinski definition) is 3. The molecule has 3 N–H and O–H groups in total. The second-order valence-corrected chi connectivity index (χ2v) is 4.07. The lowest BCUT2D eigenvalue weighted by Crippen LogP contribution is -2.48. The largest absolute Gasteiger partial charge is 0.508 e. The number of phenolic OH excluding ortho intramolecular Hbond substituents is 1. The summed E-state index contributed by atoms with van der Waals surface area (Å²) in [6.45, 7) is 3.55. The molecule has 0 spiro atoms. The maximum Gasteiger partial charge on any atom is 0.243 e. The van der Waals surface area contributed by atoms with Crippen molar-refractivity contribution in [1.82, 2.24) is 5.32 Å². The van der Waals surface area contributed by atoms with Gasteiger partial charge in [-0.2, -0.15) is 0 Å².